The average Bonchev–Trinajstić information content (AvgIpc) is 2.95. The van der Waals surface area contributed by atoms with Gasteiger partial charge in [0.05, 0.1) is 11.2 Å². The lowest BCUT2D eigenvalue weighted by Crippen LogP contribution is -1.94. The van der Waals surface area contributed by atoms with Gasteiger partial charge in [0.1, 0.15) is 0 Å². The zero-order valence-electron chi connectivity index (χ0n) is 12.1. The van der Waals surface area contributed by atoms with Crippen LogP contribution in [0.1, 0.15) is 5.56 Å². The molecule has 0 saturated heterocycles. The lowest BCUT2D eigenvalue weighted by molar-refractivity contribution is 0.872. The summed E-state index contributed by atoms with van der Waals surface area (Å²) in [7, 11) is 0. The molecule has 2 aromatic carbocycles. The number of H-pyrrole nitrogens is 1. The van der Waals surface area contributed by atoms with E-state index in [0.29, 0.717) is 15.6 Å². The van der Waals surface area contributed by atoms with Crippen LogP contribution in [0.15, 0.2) is 70.8 Å². The van der Waals surface area contributed by atoms with Crippen LogP contribution in [-0.4, -0.2) is 21.1 Å². The standard InChI is InChI=1S/C17H13ClN4S/c18-15(11-13-7-3-1-4-8-13)12-19-22-16(20-21-17(22)23)14-9-5-2-6-10-14/h1-12H,(H,21,23)/b15-11-,19-12?. The molecule has 3 rings (SSSR count). The van der Waals surface area contributed by atoms with Crippen molar-refractivity contribution in [3.05, 3.63) is 76.0 Å². The molecule has 6 heteroatoms. The molecule has 4 nitrogen and oxygen atoms in total. The van der Waals surface area contributed by atoms with E-state index in [4.69, 9.17) is 23.8 Å². The molecule has 0 aliphatic rings. The molecule has 1 aromatic heterocycles. The Bertz CT molecular complexity index is 895. The quantitative estimate of drug-likeness (QED) is 0.551. The van der Waals surface area contributed by atoms with Crippen molar-refractivity contribution in [3.63, 3.8) is 0 Å². The van der Waals surface area contributed by atoms with Crippen LogP contribution in [0.3, 0.4) is 0 Å². The molecule has 114 valence electrons. The number of benzene rings is 2. The van der Waals surface area contributed by atoms with Gasteiger partial charge in [0.2, 0.25) is 4.77 Å². The number of nitrogens with zero attached hydrogens (tertiary/aromatic N) is 3. The van der Waals surface area contributed by atoms with Gasteiger partial charge in [-0.15, -0.1) is 0 Å². The highest BCUT2D eigenvalue weighted by molar-refractivity contribution is 7.71. The van der Waals surface area contributed by atoms with Gasteiger partial charge in [-0.05, 0) is 23.9 Å². The van der Waals surface area contributed by atoms with E-state index < -0.39 is 0 Å². The van der Waals surface area contributed by atoms with Crippen molar-refractivity contribution in [1.82, 2.24) is 14.9 Å². The van der Waals surface area contributed by atoms with Crippen molar-refractivity contribution in [2.45, 2.75) is 0 Å². The molecule has 23 heavy (non-hydrogen) atoms. The smallest absolute Gasteiger partial charge is 0.216 e. The van der Waals surface area contributed by atoms with E-state index in [1.54, 1.807) is 10.9 Å². The molecular formula is C17H13ClN4S. The monoisotopic (exact) mass is 340 g/mol. The van der Waals surface area contributed by atoms with Gasteiger partial charge in [-0.1, -0.05) is 72.3 Å². The maximum absolute atomic E-state index is 6.22. The van der Waals surface area contributed by atoms with E-state index >= 15 is 0 Å². The molecule has 3 aromatic rings. The lowest BCUT2D eigenvalue weighted by atomic mass is 10.2. The average molecular weight is 341 g/mol. The molecule has 0 amide bonds. The van der Waals surface area contributed by atoms with E-state index in [1.807, 2.05) is 66.7 Å². The van der Waals surface area contributed by atoms with Crippen molar-refractivity contribution in [1.29, 1.82) is 0 Å². The topological polar surface area (TPSA) is 46.0 Å². The third-order valence-corrected chi connectivity index (χ3v) is 3.55. The first kappa shape index (κ1) is 15.4. The lowest BCUT2D eigenvalue weighted by Gasteiger charge is -2.00. The van der Waals surface area contributed by atoms with Crippen molar-refractivity contribution in [3.8, 4) is 11.4 Å². The van der Waals surface area contributed by atoms with Crippen LogP contribution < -0.4 is 0 Å². The Balaban J connectivity index is 1.90. The number of hydrogen-bond donors (Lipinski definition) is 1. The molecule has 0 aliphatic heterocycles. The minimum Gasteiger partial charge on any atom is -0.250 e. The first-order valence-corrected chi connectivity index (χ1v) is 7.72. The molecule has 0 atom stereocenters. The van der Waals surface area contributed by atoms with Crippen LogP contribution in [0.4, 0.5) is 0 Å². The van der Waals surface area contributed by atoms with Gasteiger partial charge in [-0.3, -0.25) is 0 Å². The van der Waals surface area contributed by atoms with Crippen molar-refractivity contribution >= 4 is 36.1 Å². The number of allylic oxidation sites excluding steroid dienone is 1. The Hall–Kier alpha value is -2.50. The molecule has 0 spiro atoms. The summed E-state index contributed by atoms with van der Waals surface area (Å²) in [5, 5.41) is 11.8. The highest BCUT2D eigenvalue weighted by Crippen LogP contribution is 2.16. The largest absolute Gasteiger partial charge is 0.250 e. The number of rotatable bonds is 4. The van der Waals surface area contributed by atoms with Gasteiger partial charge in [-0.25, -0.2) is 5.10 Å². The molecule has 0 bridgehead atoms. The van der Waals surface area contributed by atoms with Crippen molar-refractivity contribution < 1.29 is 0 Å². The minimum absolute atomic E-state index is 0.407. The Morgan fingerprint density at radius 2 is 1.74 bits per heavy atom. The number of halogens is 1. The summed E-state index contributed by atoms with van der Waals surface area (Å²) >= 11 is 11.4. The van der Waals surface area contributed by atoms with Crippen molar-refractivity contribution in [2.75, 3.05) is 0 Å². The Kier molecular flexibility index (Phi) is 4.80. The second kappa shape index (κ2) is 7.17. The molecular weight excluding hydrogens is 328 g/mol. The normalized spacial score (nSPS) is 12.0. The van der Waals surface area contributed by atoms with E-state index in [2.05, 4.69) is 15.3 Å². The molecule has 1 N–H and O–H groups in total. The summed E-state index contributed by atoms with van der Waals surface area (Å²) < 4.78 is 1.95. The van der Waals surface area contributed by atoms with Gasteiger partial charge in [0.25, 0.3) is 0 Å². The summed E-state index contributed by atoms with van der Waals surface area (Å²) in [6.45, 7) is 0. The van der Waals surface area contributed by atoms with E-state index in [0.717, 1.165) is 11.1 Å². The summed E-state index contributed by atoms with van der Waals surface area (Å²) in [5.74, 6) is 0.635. The van der Waals surface area contributed by atoms with Gasteiger partial charge >= 0.3 is 0 Å². The van der Waals surface area contributed by atoms with Crippen LogP contribution in [-0.2, 0) is 0 Å². The molecule has 1 heterocycles. The van der Waals surface area contributed by atoms with Crippen LogP contribution in [0.25, 0.3) is 17.5 Å². The third kappa shape index (κ3) is 3.83. The number of nitrogens with one attached hydrogen (secondary N) is 1. The second-order valence-electron chi connectivity index (χ2n) is 4.71. The first-order valence-electron chi connectivity index (χ1n) is 6.93. The Morgan fingerprint density at radius 3 is 2.43 bits per heavy atom. The van der Waals surface area contributed by atoms with Crippen LogP contribution in [0.5, 0.6) is 0 Å². The number of aromatic nitrogens is 3. The first-order chi connectivity index (χ1) is 11.2. The molecule has 0 unspecified atom stereocenters. The minimum atomic E-state index is 0.407. The number of aromatic amines is 1. The van der Waals surface area contributed by atoms with E-state index in [9.17, 15) is 0 Å². The fourth-order valence-electron chi connectivity index (χ4n) is 2.03. The fraction of sp³-hybridized carbons (Fsp3) is 0. The van der Waals surface area contributed by atoms with Gasteiger partial charge < -0.3 is 0 Å². The Morgan fingerprint density at radius 1 is 1.09 bits per heavy atom. The molecule has 0 radical (unpaired) electrons. The number of hydrogen-bond acceptors (Lipinski definition) is 3. The predicted molar refractivity (Wildman–Crippen MR) is 97.0 cm³/mol. The maximum atomic E-state index is 6.22. The maximum Gasteiger partial charge on any atom is 0.216 e. The predicted octanol–water partition coefficient (Wildman–Crippen LogP) is 4.72. The Labute approximate surface area is 143 Å². The molecule has 0 saturated carbocycles. The molecule has 0 aliphatic carbocycles. The van der Waals surface area contributed by atoms with Gasteiger partial charge in [0, 0.05) is 5.56 Å². The second-order valence-corrected chi connectivity index (χ2v) is 5.54. The zero-order valence-corrected chi connectivity index (χ0v) is 13.6. The molecule has 0 fully saturated rings. The van der Waals surface area contributed by atoms with Crippen molar-refractivity contribution in [2.24, 2.45) is 5.10 Å². The zero-order chi connectivity index (χ0) is 16.1. The summed E-state index contributed by atoms with van der Waals surface area (Å²) in [5.41, 5.74) is 1.92. The summed E-state index contributed by atoms with van der Waals surface area (Å²) in [6.07, 6.45) is 3.38. The highest BCUT2D eigenvalue weighted by atomic mass is 35.5. The van der Waals surface area contributed by atoms with E-state index in [1.165, 1.54) is 0 Å². The summed E-state index contributed by atoms with van der Waals surface area (Å²) in [4.78, 5) is 0. The summed E-state index contributed by atoms with van der Waals surface area (Å²) in [6, 6.07) is 19.5. The van der Waals surface area contributed by atoms with E-state index in [-0.39, 0.29) is 0 Å². The van der Waals surface area contributed by atoms with Crippen LogP contribution >= 0.6 is 23.8 Å². The van der Waals surface area contributed by atoms with Crippen LogP contribution in [0.2, 0.25) is 0 Å². The fourth-order valence-corrected chi connectivity index (χ4v) is 2.38. The van der Waals surface area contributed by atoms with Gasteiger partial charge in [-0.2, -0.15) is 14.9 Å². The van der Waals surface area contributed by atoms with Crippen LogP contribution in [0, 0.1) is 4.77 Å². The third-order valence-electron chi connectivity index (χ3n) is 3.08. The SMILES string of the molecule is S=c1[nH]nc(-c2ccccc2)n1N=C/C(Cl)=C/c1ccccc1. The highest BCUT2D eigenvalue weighted by Gasteiger charge is 2.06. The van der Waals surface area contributed by atoms with Gasteiger partial charge in [0.15, 0.2) is 5.82 Å².